The first-order valence-corrected chi connectivity index (χ1v) is 4.81. The molecule has 0 bridgehead atoms. The van der Waals surface area contributed by atoms with Crippen LogP contribution < -0.4 is 9.64 Å². The molecule has 4 heteroatoms. The number of hydrogen-bond donors (Lipinski definition) is 1. The zero-order valence-electron chi connectivity index (χ0n) is 8.78. The molecule has 0 amide bonds. The van der Waals surface area contributed by atoms with Crippen LogP contribution in [0.5, 0.6) is 11.5 Å². The molecule has 0 unspecified atom stereocenters. The number of ketones is 1. The lowest BCUT2D eigenvalue weighted by Gasteiger charge is -2.28. The second kappa shape index (κ2) is 3.46. The molecule has 1 aromatic carbocycles. The summed E-state index contributed by atoms with van der Waals surface area (Å²) in [5.41, 5.74) is 1.19. The fraction of sp³-hybridized carbons (Fsp3) is 0.364. The van der Waals surface area contributed by atoms with Gasteiger partial charge in [0.1, 0.15) is 18.1 Å². The molecule has 1 aromatic rings. The molecule has 0 saturated carbocycles. The smallest absolute Gasteiger partial charge is 0.163 e. The first kappa shape index (κ1) is 9.83. The summed E-state index contributed by atoms with van der Waals surface area (Å²) >= 11 is 0. The molecular weight excluding hydrogens is 194 g/mol. The number of carbonyl (C=O) groups excluding carboxylic acids is 1. The quantitative estimate of drug-likeness (QED) is 0.707. The van der Waals surface area contributed by atoms with Crippen LogP contribution in [0.25, 0.3) is 0 Å². The number of phenols is 1. The van der Waals surface area contributed by atoms with Crippen LogP contribution >= 0.6 is 0 Å². The number of hydrogen-bond acceptors (Lipinski definition) is 4. The van der Waals surface area contributed by atoms with Gasteiger partial charge in [-0.25, -0.2) is 0 Å². The lowest BCUT2D eigenvalue weighted by atomic mass is 10.1. The van der Waals surface area contributed by atoms with Crippen LogP contribution in [0.3, 0.4) is 0 Å². The number of phenolic OH excluding ortho intramolecular Hbond substituents is 1. The second-order valence-electron chi connectivity index (χ2n) is 3.66. The number of ether oxygens (including phenoxy) is 1. The highest BCUT2D eigenvalue weighted by Gasteiger charge is 2.19. The van der Waals surface area contributed by atoms with Crippen molar-refractivity contribution >= 4 is 11.5 Å². The van der Waals surface area contributed by atoms with E-state index >= 15 is 0 Å². The molecule has 80 valence electrons. The van der Waals surface area contributed by atoms with E-state index < -0.39 is 0 Å². The van der Waals surface area contributed by atoms with E-state index in [1.807, 2.05) is 11.9 Å². The third-order valence-electron chi connectivity index (χ3n) is 2.55. The minimum Gasteiger partial charge on any atom is -0.507 e. The molecule has 0 fully saturated rings. The van der Waals surface area contributed by atoms with Crippen LogP contribution in [0, 0.1) is 0 Å². The van der Waals surface area contributed by atoms with E-state index in [1.165, 1.54) is 13.0 Å². The molecule has 0 atom stereocenters. The van der Waals surface area contributed by atoms with Gasteiger partial charge in [-0.1, -0.05) is 0 Å². The summed E-state index contributed by atoms with van der Waals surface area (Å²) < 4.78 is 5.40. The number of anilines is 1. The van der Waals surface area contributed by atoms with Gasteiger partial charge >= 0.3 is 0 Å². The molecule has 1 aliphatic heterocycles. The average Bonchev–Trinajstić information content (AvgIpc) is 2.16. The summed E-state index contributed by atoms with van der Waals surface area (Å²) in [6.45, 7) is 2.82. The number of benzene rings is 1. The molecule has 15 heavy (non-hydrogen) atoms. The summed E-state index contributed by atoms with van der Waals surface area (Å²) in [5, 5.41) is 9.60. The highest BCUT2D eigenvalue weighted by atomic mass is 16.5. The number of likely N-dealkylation sites (N-methyl/N-ethyl adjacent to an activating group) is 1. The maximum absolute atomic E-state index is 11.2. The molecule has 2 rings (SSSR count). The second-order valence-corrected chi connectivity index (χ2v) is 3.66. The van der Waals surface area contributed by atoms with Gasteiger partial charge in [-0.2, -0.15) is 0 Å². The molecule has 1 N–H and O–H groups in total. The van der Waals surface area contributed by atoms with Crippen molar-refractivity contribution in [3.63, 3.8) is 0 Å². The Labute approximate surface area is 88.1 Å². The van der Waals surface area contributed by atoms with Crippen molar-refractivity contribution < 1.29 is 14.6 Å². The van der Waals surface area contributed by atoms with Gasteiger partial charge in [0.15, 0.2) is 5.78 Å². The van der Waals surface area contributed by atoms with Crippen molar-refractivity contribution in [1.82, 2.24) is 0 Å². The van der Waals surface area contributed by atoms with Gasteiger partial charge in [0.25, 0.3) is 0 Å². The molecule has 1 heterocycles. The molecule has 0 radical (unpaired) electrons. The maximum Gasteiger partial charge on any atom is 0.163 e. The van der Waals surface area contributed by atoms with Crippen LogP contribution in [0.15, 0.2) is 12.1 Å². The maximum atomic E-state index is 11.2. The average molecular weight is 207 g/mol. The van der Waals surface area contributed by atoms with Crippen LogP contribution in [0.2, 0.25) is 0 Å². The van der Waals surface area contributed by atoms with E-state index in [0.717, 1.165) is 12.2 Å². The number of Topliss-reactive ketones (excluding diaryl/α,β-unsaturated/α-hetero) is 1. The Morgan fingerprint density at radius 1 is 1.53 bits per heavy atom. The van der Waals surface area contributed by atoms with E-state index in [-0.39, 0.29) is 11.5 Å². The molecule has 0 aromatic heterocycles. The van der Waals surface area contributed by atoms with Crippen molar-refractivity contribution in [2.24, 2.45) is 0 Å². The van der Waals surface area contributed by atoms with Crippen molar-refractivity contribution in [2.75, 3.05) is 25.1 Å². The minimum atomic E-state index is -0.144. The Morgan fingerprint density at radius 3 is 2.93 bits per heavy atom. The topological polar surface area (TPSA) is 49.8 Å². The lowest BCUT2D eigenvalue weighted by Crippen LogP contribution is -2.28. The van der Waals surface area contributed by atoms with Gasteiger partial charge < -0.3 is 14.7 Å². The van der Waals surface area contributed by atoms with Crippen LogP contribution in [-0.4, -0.2) is 31.1 Å². The third-order valence-corrected chi connectivity index (χ3v) is 2.55. The van der Waals surface area contributed by atoms with Gasteiger partial charge in [0.2, 0.25) is 0 Å². The Bertz CT molecular complexity index is 415. The van der Waals surface area contributed by atoms with E-state index in [4.69, 9.17) is 4.74 Å². The van der Waals surface area contributed by atoms with Crippen molar-refractivity contribution in [1.29, 1.82) is 0 Å². The fourth-order valence-electron chi connectivity index (χ4n) is 1.67. The summed E-state index contributed by atoms with van der Waals surface area (Å²) in [6, 6.07) is 3.17. The molecule has 1 aliphatic rings. The first-order chi connectivity index (χ1) is 7.09. The number of carbonyl (C=O) groups is 1. The van der Waals surface area contributed by atoms with Gasteiger partial charge in [-0.15, -0.1) is 0 Å². The first-order valence-electron chi connectivity index (χ1n) is 4.81. The number of rotatable bonds is 1. The molecule has 0 spiro atoms. The Morgan fingerprint density at radius 2 is 2.27 bits per heavy atom. The monoisotopic (exact) mass is 207 g/mol. The number of aromatic hydroxyl groups is 1. The molecule has 0 saturated heterocycles. The Balaban J connectivity index is 2.55. The van der Waals surface area contributed by atoms with Gasteiger partial charge in [-0.05, 0) is 13.0 Å². The predicted molar refractivity (Wildman–Crippen MR) is 56.9 cm³/mol. The lowest BCUT2D eigenvalue weighted by molar-refractivity contribution is 0.101. The third kappa shape index (κ3) is 1.63. The summed E-state index contributed by atoms with van der Waals surface area (Å²) in [5.74, 6) is 0.470. The van der Waals surface area contributed by atoms with Crippen LogP contribution in [-0.2, 0) is 0 Å². The van der Waals surface area contributed by atoms with Crippen molar-refractivity contribution in [3.05, 3.63) is 17.7 Å². The molecular formula is C11H13NO3. The van der Waals surface area contributed by atoms with E-state index in [2.05, 4.69) is 0 Å². The van der Waals surface area contributed by atoms with E-state index in [1.54, 1.807) is 6.07 Å². The zero-order chi connectivity index (χ0) is 11.0. The fourth-order valence-corrected chi connectivity index (χ4v) is 1.67. The normalized spacial score (nSPS) is 14.4. The van der Waals surface area contributed by atoms with E-state index in [0.29, 0.717) is 17.9 Å². The van der Waals surface area contributed by atoms with Crippen molar-refractivity contribution in [3.8, 4) is 11.5 Å². The highest BCUT2D eigenvalue weighted by Crippen LogP contribution is 2.36. The van der Waals surface area contributed by atoms with Crippen molar-refractivity contribution in [2.45, 2.75) is 6.92 Å². The SMILES string of the molecule is CC(=O)c1cc2c(cc1O)OCCN2C. The standard InChI is InChI=1S/C11H13NO3/c1-7(13)8-5-9-11(6-10(8)14)15-4-3-12(9)2/h5-6,14H,3-4H2,1-2H3. The van der Waals surface area contributed by atoms with Gasteiger partial charge in [0.05, 0.1) is 17.8 Å². The largest absolute Gasteiger partial charge is 0.507 e. The van der Waals surface area contributed by atoms with Gasteiger partial charge in [-0.3, -0.25) is 4.79 Å². The zero-order valence-corrected chi connectivity index (χ0v) is 8.78. The minimum absolute atomic E-state index is 0.0171. The Kier molecular flexibility index (Phi) is 2.26. The number of nitrogens with zero attached hydrogens (tertiary/aromatic N) is 1. The molecule has 4 nitrogen and oxygen atoms in total. The summed E-state index contributed by atoms with van der Waals surface area (Å²) in [4.78, 5) is 13.2. The Hall–Kier alpha value is -1.71. The highest BCUT2D eigenvalue weighted by molar-refractivity contribution is 5.98. The molecule has 0 aliphatic carbocycles. The van der Waals surface area contributed by atoms with Crippen LogP contribution in [0.1, 0.15) is 17.3 Å². The number of fused-ring (bicyclic) bond motifs is 1. The van der Waals surface area contributed by atoms with Crippen LogP contribution in [0.4, 0.5) is 5.69 Å². The predicted octanol–water partition coefficient (Wildman–Crippen LogP) is 1.42. The summed E-state index contributed by atoms with van der Waals surface area (Å²) in [7, 11) is 1.93. The van der Waals surface area contributed by atoms with E-state index in [9.17, 15) is 9.90 Å². The van der Waals surface area contributed by atoms with Gasteiger partial charge in [0, 0.05) is 13.1 Å². The summed E-state index contributed by atoms with van der Waals surface area (Å²) in [6.07, 6.45) is 0.